The molecule has 0 saturated carbocycles. The SMILES string of the molecule is CSc1ccc([N+](=O)[O-])c(N)c1C(=O)OC(C)C. The Hall–Kier alpha value is -1.76. The highest BCUT2D eigenvalue weighted by Gasteiger charge is 2.24. The molecule has 6 nitrogen and oxygen atoms in total. The minimum Gasteiger partial charge on any atom is -0.459 e. The normalized spacial score (nSPS) is 10.4. The Balaban J connectivity index is 3.34. The minimum atomic E-state index is -0.643. The third-order valence-electron chi connectivity index (χ3n) is 2.15. The van der Waals surface area contributed by atoms with E-state index in [0.717, 1.165) is 0 Å². The lowest BCUT2D eigenvalue weighted by molar-refractivity contribution is -0.384. The van der Waals surface area contributed by atoms with E-state index in [2.05, 4.69) is 0 Å². The first-order valence-corrected chi connectivity index (χ1v) is 6.42. The van der Waals surface area contributed by atoms with Crippen molar-refractivity contribution in [3.63, 3.8) is 0 Å². The molecule has 0 unspecified atom stereocenters. The molecule has 1 aromatic rings. The molecule has 7 heteroatoms. The number of hydrogen-bond acceptors (Lipinski definition) is 6. The van der Waals surface area contributed by atoms with E-state index in [-0.39, 0.29) is 23.0 Å². The van der Waals surface area contributed by atoms with Crippen LogP contribution in [0.25, 0.3) is 0 Å². The highest BCUT2D eigenvalue weighted by Crippen LogP contribution is 2.33. The Kier molecular flexibility index (Phi) is 4.55. The number of nitrogen functional groups attached to an aromatic ring is 1. The molecule has 0 radical (unpaired) electrons. The van der Waals surface area contributed by atoms with Crippen LogP contribution in [-0.2, 0) is 4.74 Å². The fourth-order valence-corrected chi connectivity index (χ4v) is 2.00. The summed E-state index contributed by atoms with van der Waals surface area (Å²) in [5.74, 6) is -0.643. The number of hydrogen-bond donors (Lipinski definition) is 1. The molecule has 0 heterocycles. The second kappa shape index (κ2) is 5.72. The fraction of sp³-hybridized carbons (Fsp3) is 0.364. The van der Waals surface area contributed by atoms with Crippen LogP contribution in [0.15, 0.2) is 17.0 Å². The zero-order valence-corrected chi connectivity index (χ0v) is 11.1. The van der Waals surface area contributed by atoms with E-state index in [1.165, 1.54) is 23.9 Å². The number of nitrogens with two attached hydrogens (primary N) is 1. The first-order valence-electron chi connectivity index (χ1n) is 5.20. The molecular formula is C11H14N2O4S. The molecule has 0 spiro atoms. The number of nitro groups is 1. The van der Waals surface area contributed by atoms with Gasteiger partial charge in [-0.05, 0) is 26.2 Å². The number of carbonyl (C=O) groups excluding carboxylic acids is 1. The van der Waals surface area contributed by atoms with Gasteiger partial charge in [-0.25, -0.2) is 4.79 Å². The van der Waals surface area contributed by atoms with Crippen LogP contribution >= 0.6 is 11.8 Å². The maximum Gasteiger partial charge on any atom is 0.341 e. The standard InChI is InChI=1S/C11H14N2O4S/c1-6(2)17-11(14)9-8(18-3)5-4-7(10(9)12)13(15)16/h4-6H,12H2,1-3H3. The summed E-state index contributed by atoms with van der Waals surface area (Å²) in [5, 5.41) is 10.8. The molecule has 0 atom stereocenters. The summed E-state index contributed by atoms with van der Waals surface area (Å²) in [6.45, 7) is 3.40. The highest BCUT2D eigenvalue weighted by molar-refractivity contribution is 7.98. The lowest BCUT2D eigenvalue weighted by Gasteiger charge is -2.12. The van der Waals surface area contributed by atoms with Crippen LogP contribution in [0.3, 0.4) is 0 Å². The predicted octanol–water partition coefficient (Wildman–Crippen LogP) is 2.46. The molecule has 1 aromatic carbocycles. The average molecular weight is 270 g/mol. The topological polar surface area (TPSA) is 95.5 Å². The van der Waals surface area contributed by atoms with E-state index in [4.69, 9.17) is 10.5 Å². The molecule has 0 saturated heterocycles. The summed E-state index contributed by atoms with van der Waals surface area (Å²) in [7, 11) is 0. The van der Waals surface area contributed by atoms with Crippen molar-refractivity contribution < 1.29 is 14.5 Å². The molecule has 98 valence electrons. The van der Waals surface area contributed by atoms with E-state index in [9.17, 15) is 14.9 Å². The Labute approximate surface area is 109 Å². The van der Waals surface area contributed by atoms with Crippen LogP contribution in [0.4, 0.5) is 11.4 Å². The molecule has 2 N–H and O–H groups in total. The Morgan fingerprint density at radius 3 is 2.56 bits per heavy atom. The van der Waals surface area contributed by atoms with E-state index >= 15 is 0 Å². The highest BCUT2D eigenvalue weighted by atomic mass is 32.2. The first kappa shape index (κ1) is 14.3. The van der Waals surface area contributed by atoms with Crippen LogP contribution in [0, 0.1) is 10.1 Å². The largest absolute Gasteiger partial charge is 0.459 e. The number of thioether (sulfide) groups is 1. The third kappa shape index (κ3) is 2.92. The molecule has 0 amide bonds. The van der Waals surface area contributed by atoms with Crippen LogP contribution < -0.4 is 5.73 Å². The molecule has 0 fully saturated rings. The van der Waals surface area contributed by atoms with E-state index in [1.54, 1.807) is 20.1 Å². The van der Waals surface area contributed by atoms with Crippen LogP contribution in [0.1, 0.15) is 24.2 Å². The molecular weight excluding hydrogens is 256 g/mol. The monoisotopic (exact) mass is 270 g/mol. The Morgan fingerprint density at radius 1 is 1.50 bits per heavy atom. The zero-order valence-electron chi connectivity index (χ0n) is 10.3. The average Bonchev–Trinajstić information content (AvgIpc) is 2.26. The van der Waals surface area contributed by atoms with Gasteiger partial charge < -0.3 is 10.5 Å². The van der Waals surface area contributed by atoms with Crippen molar-refractivity contribution in [2.75, 3.05) is 12.0 Å². The van der Waals surface area contributed by atoms with Gasteiger partial charge in [-0.3, -0.25) is 10.1 Å². The number of benzene rings is 1. The van der Waals surface area contributed by atoms with Gasteiger partial charge >= 0.3 is 5.97 Å². The van der Waals surface area contributed by atoms with Gasteiger partial charge in [0.25, 0.3) is 5.69 Å². The smallest absolute Gasteiger partial charge is 0.341 e. The van der Waals surface area contributed by atoms with Crippen LogP contribution in [-0.4, -0.2) is 23.3 Å². The molecule has 0 bridgehead atoms. The summed E-state index contributed by atoms with van der Waals surface area (Å²) in [5.41, 5.74) is 5.30. The lowest BCUT2D eigenvalue weighted by Crippen LogP contribution is -2.15. The van der Waals surface area contributed by atoms with Crippen LogP contribution in [0.5, 0.6) is 0 Å². The van der Waals surface area contributed by atoms with Gasteiger partial charge in [-0.2, -0.15) is 0 Å². The van der Waals surface area contributed by atoms with Gasteiger partial charge in [0.05, 0.1) is 11.0 Å². The van der Waals surface area contributed by atoms with Crippen molar-refractivity contribution in [1.82, 2.24) is 0 Å². The summed E-state index contributed by atoms with van der Waals surface area (Å²) in [4.78, 5) is 22.6. The lowest BCUT2D eigenvalue weighted by atomic mass is 10.1. The number of carbonyl (C=O) groups is 1. The van der Waals surface area contributed by atoms with Crippen molar-refractivity contribution in [2.45, 2.75) is 24.8 Å². The second-order valence-electron chi connectivity index (χ2n) is 3.79. The predicted molar refractivity (Wildman–Crippen MR) is 69.8 cm³/mol. The first-order chi connectivity index (χ1) is 8.38. The number of ether oxygens (including phenoxy) is 1. The maximum absolute atomic E-state index is 11.9. The number of nitro benzene ring substituents is 1. The van der Waals surface area contributed by atoms with Gasteiger partial charge in [0.15, 0.2) is 0 Å². The summed E-state index contributed by atoms with van der Waals surface area (Å²) >= 11 is 1.28. The van der Waals surface area contributed by atoms with Crippen molar-refractivity contribution in [1.29, 1.82) is 0 Å². The zero-order chi connectivity index (χ0) is 13.9. The van der Waals surface area contributed by atoms with Gasteiger partial charge in [0.2, 0.25) is 0 Å². The van der Waals surface area contributed by atoms with Crippen LogP contribution in [0.2, 0.25) is 0 Å². The van der Waals surface area contributed by atoms with E-state index < -0.39 is 10.9 Å². The second-order valence-corrected chi connectivity index (χ2v) is 4.63. The third-order valence-corrected chi connectivity index (χ3v) is 2.93. The Bertz CT molecular complexity index is 488. The summed E-state index contributed by atoms with van der Waals surface area (Å²) in [6.07, 6.45) is 1.44. The van der Waals surface area contributed by atoms with E-state index in [1.807, 2.05) is 0 Å². The maximum atomic E-state index is 11.9. The number of anilines is 1. The molecule has 1 rings (SSSR count). The van der Waals surface area contributed by atoms with Crippen molar-refractivity contribution >= 4 is 29.1 Å². The minimum absolute atomic E-state index is 0.0606. The molecule has 0 aliphatic heterocycles. The molecule has 0 aliphatic carbocycles. The number of nitrogens with zero attached hydrogens (tertiary/aromatic N) is 1. The quantitative estimate of drug-likeness (QED) is 0.297. The summed E-state index contributed by atoms with van der Waals surface area (Å²) in [6, 6.07) is 2.78. The van der Waals surface area contributed by atoms with Gasteiger partial charge in [0, 0.05) is 11.0 Å². The number of esters is 1. The van der Waals surface area contributed by atoms with Gasteiger partial charge in [-0.15, -0.1) is 11.8 Å². The number of rotatable bonds is 4. The molecule has 0 aliphatic rings. The van der Waals surface area contributed by atoms with Gasteiger partial charge in [0.1, 0.15) is 11.3 Å². The summed E-state index contributed by atoms with van der Waals surface area (Å²) < 4.78 is 5.04. The van der Waals surface area contributed by atoms with Crippen molar-refractivity contribution in [3.8, 4) is 0 Å². The Morgan fingerprint density at radius 2 is 2.11 bits per heavy atom. The molecule has 18 heavy (non-hydrogen) atoms. The fourth-order valence-electron chi connectivity index (χ4n) is 1.40. The van der Waals surface area contributed by atoms with Crippen molar-refractivity contribution in [2.24, 2.45) is 0 Å². The van der Waals surface area contributed by atoms with Crippen molar-refractivity contribution in [3.05, 3.63) is 27.8 Å². The molecule has 0 aromatic heterocycles. The van der Waals surface area contributed by atoms with E-state index in [0.29, 0.717) is 4.90 Å². The van der Waals surface area contributed by atoms with Gasteiger partial charge in [-0.1, -0.05) is 0 Å².